The Morgan fingerprint density at radius 2 is 1.83 bits per heavy atom. The van der Waals surface area contributed by atoms with Crippen LogP contribution in [0.2, 0.25) is 0 Å². The molecule has 0 unspecified atom stereocenters. The van der Waals surface area contributed by atoms with Crippen LogP contribution in [0.3, 0.4) is 0 Å². The highest BCUT2D eigenvalue weighted by Gasteiger charge is 2.28. The smallest absolute Gasteiger partial charge is 0.329 e. The van der Waals surface area contributed by atoms with Crippen LogP contribution in [-0.2, 0) is 32.1 Å². The molecule has 218 valence electrons. The molecule has 0 radical (unpaired) electrons. The minimum atomic E-state index is -1.16. The van der Waals surface area contributed by atoms with Gasteiger partial charge < -0.3 is 20.7 Å². The maximum Gasteiger partial charge on any atom is 0.329 e. The number of hydrogen-bond acceptors (Lipinski definition) is 7. The van der Waals surface area contributed by atoms with E-state index in [9.17, 15) is 23.6 Å². The molecule has 1 aromatic heterocycles. The summed E-state index contributed by atoms with van der Waals surface area (Å²) in [5.41, 5.74) is 0.343. The minimum Gasteiger partial charge on any atom is -0.456 e. The van der Waals surface area contributed by atoms with E-state index in [0.29, 0.717) is 12.2 Å². The Morgan fingerprint density at radius 3 is 2.62 bits per heavy atom. The van der Waals surface area contributed by atoms with Crippen molar-refractivity contribution in [3.8, 4) is 0 Å². The summed E-state index contributed by atoms with van der Waals surface area (Å²) in [7, 11) is 0. The lowest BCUT2D eigenvalue weighted by molar-refractivity contribution is -0.151. The molecule has 0 fully saturated rings. The van der Waals surface area contributed by atoms with E-state index in [0.717, 1.165) is 22.4 Å². The Morgan fingerprint density at radius 1 is 1.05 bits per heavy atom. The Labute approximate surface area is 248 Å². The molecule has 1 aliphatic rings. The number of ether oxygens (including phenoxy) is 1. The fraction of sp³-hybridized carbons (Fsp3) is 0.258. The number of hydrogen-bond donors (Lipinski definition) is 4. The van der Waals surface area contributed by atoms with Crippen LogP contribution in [-0.4, -0.2) is 46.6 Å². The number of pyridine rings is 1. The minimum absolute atomic E-state index is 0.0824. The van der Waals surface area contributed by atoms with Gasteiger partial charge in [-0.2, -0.15) is 12.6 Å². The molecule has 4 rings (SSSR count). The van der Waals surface area contributed by atoms with Gasteiger partial charge in [-0.3, -0.25) is 14.4 Å². The van der Waals surface area contributed by atoms with Crippen LogP contribution in [0.15, 0.2) is 78.5 Å². The molecule has 0 spiro atoms. The standard InChI is InChI=1S/C31H31FN4O5S/c1-2-24-29(38)36-26(16-20-10-7-9-19-8-3-4-12-22(19)20)31(40)41-21(11-5-6-15-42)17-28(37)33-18-27-23(32)13-14-25(34-27)30(39)35-24/h2-5,7-14,21,26,42H,6,15-18H2,1H3,(H,33,37)(H,35,39)(H,36,38)/b11-5+,24-2-/t21-,26+/m1/s1. The van der Waals surface area contributed by atoms with Gasteiger partial charge >= 0.3 is 5.97 Å². The van der Waals surface area contributed by atoms with E-state index in [4.69, 9.17) is 4.74 Å². The van der Waals surface area contributed by atoms with Gasteiger partial charge in [-0.05, 0) is 53.6 Å². The van der Waals surface area contributed by atoms with E-state index in [-0.39, 0.29) is 36.5 Å². The van der Waals surface area contributed by atoms with Crippen molar-refractivity contribution in [2.24, 2.45) is 0 Å². The molecule has 0 aliphatic carbocycles. The molecular formula is C31H31FN4O5S. The first kappa shape index (κ1) is 30.4. The predicted octanol–water partition coefficient (Wildman–Crippen LogP) is 3.54. The van der Waals surface area contributed by atoms with E-state index >= 15 is 0 Å². The summed E-state index contributed by atoms with van der Waals surface area (Å²) in [4.78, 5) is 56.7. The summed E-state index contributed by atoms with van der Waals surface area (Å²) in [5, 5.41) is 9.58. The monoisotopic (exact) mass is 590 g/mol. The fourth-order valence-corrected chi connectivity index (χ4v) is 4.59. The lowest BCUT2D eigenvalue weighted by Gasteiger charge is -2.23. The first-order valence-electron chi connectivity index (χ1n) is 13.4. The normalized spacial score (nSPS) is 19.8. The number of halogens is 1. The van der Waals surface area contributed by atoms with Crippen molar-refractivity contribution in [2.45, 2.75) is 44.9 Å². The lowest BCUT2D eigenvalue weighted by atomic mass is 9.98. The average Bonchev–Trinajstić information content (AvgIpc) is 2.98. The number of rotatable bonds is 5. The molecule has 9 nitrogen and oxygen atoms in total. The molecule has 3 amide bonds. The topological polar surface area (TPSA) is 126 Å². The predicted molar refractivity (Wildman–Crippen MR) is 159 cm³/mol. The molecule has 2 heterocycles. The number of nitrogens with zero attached hydrogens (tertiary/aromatic N) is 1. The molecule has 2 aromatic carbocycles. The molecule has 3 N–H and O–H groups in total. The van der Waals surface area contributed by atoms with Gasteiger partial charge in [0.15, 0.2) is 0 Å². The SMILES string of the molecule is C/C=C1\NC(=O)c2ccc(F)c(n2)CNC(=O)C[C@@H](/C=C/CCS)OC(=O)[C@H](Cc2cccc3ccccc23)NC1=O. The Kier molecular flexibility index (Phi) is 10.4. The van der Waals surface area contributed by atoms with Gasteiger partial charge in [-0.25, -0.2) is 14.2 Å². The molecule has 0 saturated heterocycles. The molecule has 2 bridgehead atoms. The number of benzene rings is 2. The van der Waals surface area contributed by atoms with E-state index in [1.165, 1.54) is 12.1 Å². The maximum atomic E-state index is 14.4. The highest BCUT2D eigenvalue weighted by atomic mass is 32.1. The molecular weight excluding hydrogens is 559 g/mol. The van der Waals surface area contributed by atoms with E-state index in [1.54, 1.807) is 19.1 Å². The van der Waals surface area contributed by atoms with Crippen molar-refractivity contribution in [2.75, 3.05) is 5.75 Å². The summed E-state index contributed by atoms with van der Waals surface area (Å²) >= 11 is 4.19. The Balaban J connectivity index is 1.71. The largest absolute Gasteiger partial charge is 0.456 e. The number of esters is 1. The van der Waals surface area contributed by atoms with Crippen LogP contribution in [0, 0.1) is 5.82 Å². The van der Waals surface area contributed by atoms with Crippen molar-refractivity contribution in [1.82, 2.24) is 20.9 Å². The molecule has 1 aliphatic heterocycles. The second-order valence-corrected chi connectivity index (χ2v) is 9.99. The lowest BCUT2D eigenvalue weighted by Crippen LogP contribution is -2.47. The number of nitrogens with one attached hydrogen (secondary N) is 3. The quantitative estimate of drug-likeness (QED) is 0.156. The van der Waals surface area contributed by atoms with Crippen molar-refractivity contribution in [1.29, 1.82) is 0 Å². The van der Waals surface area contributed by atoms with Crippen LogP contribution in [0.5, 0.6) is 0 Å². The number of fused-ring (bicyclic) bond motifs is 3. The first-order chi connectivity index (χ1) is 20.3. The van der Waals surface area contributed by atoms with Gasteiger partial charge in [0, 0.05) is 6.42 Å². The summed E-state index contributed by atoms with van der Waals surface area (Å²) in [6.07, 6.45) is 4.13. The summed E-state index contributed by atoms with van der Waals surface area (Å²) < 4.78 is 20.1. The van der Waals surface area contributed by atoms with E-state index < -0.39 is 41.7 Å². The average molecular weight is 591 g/mol. The third-order valence-electron chi connectivity index (χ3n) is 6.58. The second-order valence-electron chi connectivity index (χ2n) is 9.55. The van der Waals surface area contributed by atoms with Crippen LogP contribution in [0.25, 0.3) is 10.8 Å². The number of allylic oxidation sites excluding steroid dienone is 2. The Hall–Kier alpha value is -4.51. The van der Waals surface area contributed by atoms with Gasteiger partial charge in [0.25, 0.3) is 11.8 Å². The zero-order valence-corrected chi connectivity index (χ0v) is 23.8. The third-order valence-corrected chi connectivity index (χ3v) is 6.84. The number of amides is 3. The number of carbonyl (C=O) groups is 4. The maximum absolute atomic E-state index is 14.4. The van der Waals surface area contributed by atoms with Gasteiger partial charge in [0.05, 0.1) is 18.7 Å². The highest BCUT2D eigenvalue weighted by Crippen LogP contribution is 2.21. The fourth-order valence-electron chi connectivity index (χ4n) is 4.44. The third kappa shape index (κ3) is 7.82. The molecule has 3 aromatic rings. The first-order valence-corrected chi connectivity index (χ1v) is 14.1. The van der Waals surface area contributed by atoms with E-state index in [1.807, 2.05) is 42.5 Å². The summed E-state index contributed by atoms with van der Waals surface area (Å²) in [5.74, 6) is -2.97. The second kappa shape index (κ2) is 14.4. The van der Waals surface area contributed by atoms with Crippen LogP contribution in [0.4, 0.5) is 4.39 Å². The number of cyclic esters (lactones) is 1. The molecule has 11 heteroatoms. The van der Waals surface area contributed by atoms with Gasteiger partial charge in [0.1, 0.15) is 29.4 Å². The molecule has 2 atom stereocenters. The zero-order valence-electron chi connectivity index (χ0n) is 22.9. The zero-order chi connectivity index (χ0) is 30.1. The van der Waals surface area contributed by atoms with Crippen LogP contribution < -0.4 is 16.0 Å². The molecule has 0 saturated carbocycles. The highest BCUT2D eigenvalue weighted by molar-refractivity contribution is 7.80. The van der Waals surface area contributed by atoms with Crippen LogP contribution >= 0.6 is 12.6 Å². The number of carbonyl (C=O) groups excluding carboxylic acids is 4. The van der Waals surface area contributed by atoms with Crippen LogP contribution in [0.1, 0.15) is 41.5 Å². The number of aromatic nitrogens is 1. The van der Waals surface area contributed by atoms with E-state index in [2.05, 4.69) is 33.6 Å². The van der Waals surface area contributed by atoms with Crippen molar-refractivity contribution in [3.05, 3.63) is 101 Å². The van der Waals surface area contributed by atoms with Gasteiger partial charge in [0.2, 0.25) is 5.91 Å². The van der Waals surface area contributed by atoms with Gasteiger partial charge in [-0.15, -0.1) is 0 Å². The van der Waals surface area contributed by atoms with Crippen molar-refractivity contribution < 1.29 is 28.3 Å². The van der Waals surface area contributed by atoms with Crippen molar-refractivity contribution >= 4 is 47.1 Å². The molecule has 42 heavy (non-hydrogen) atoms. The summed E-state index contributed by atoms with van der Waals surface area (Å²) in [6, 6.07) is 14.4. The van der Waals surface area contributed by atoms with Gasteiger partial charge in [-0.1, -0.05) is 54.6 Å². The number of thiol groups is 1. The Bertz CT molecular complexity index is 1550. The summed E-state index contributed by atoms with van der Waals surface area (Å²) in [6.45, 7) is 1.25. The van der Waals surface area contributed by atoms with Crippen molar-refractivity contribution in [3.63, 3.8) is 0 Å².